The maximum Gasteiger partial charge on any atom is 0.273 e. The van der Waals surface area contributed by atoms with E-state index in [0.717, 1.165) is 22.7 Å². The molecule has 1 saturated heterocycles. The van der Waals surface area contributed by atoms with Crippen molar-refractivity contribution in [2.24, 2.45) is 0 Å². The van der Waals surface area contributed by atoms with E-state index in [1.165, 1.54) is 17.5 Å². The lowest BCUT2D eigenvalue weighted by Crippen LogP contribution is -2.49. The van der Waals surface area contributed by atoms with E-state index in [1.54, 1.807) is 34.5 Å². The zero-order valence-corrected chi connectivity index (χ0v) is 17.6. The van der Waals surface area contributed by atoms with Crippen molar-refractivity contribution in [1.29, 1.82) is 0 Å². The van der Waals surface area contributed by atoms with E-state index >= 15 is 0 Å². The summed E-state index contributed by atoms with van der Waals surface area (Å²) in [6, 6.07) is 9.72. The van der Waals surface area contributed by atoms with Crippen LogP contribution in [0.4, 0.5) is 15.2 Å². The van der Waals surface area contributed by atoms with Crippen LogP contribution in [-0.4, -0.2) is 50.4 Å². The van der Waals surface area contributed by atoms with Crippen LogP contribution in [-0.2, 0) is 10.0 Å². The standard InChI is InChI=1S/C18H17FN4O3S3/c19-13-4-1-2-5-15(13)22-7-9-23(10-8-22)17(24)14-12-28-18(20-14)21-29(25,26)16-6-3-11-27-16/h1-6,11-12H,7-10H2,(H,20,21). The molecule has 3 aromatic rings. The van der Waals surface area contributed by atoms with E-state index in [9.17, 15) is 17.6 Å². The molecule has 7 nitrogen and oxygen atoms in total. The lowest BCUT2D eigenvalue weighted by molar-refractivity contribution is 0.0741. The van der Waals surface area contributed by atoms with E-state index in [1.807, 2.05) is 4.90 Å². The summed E-state index contributed by atoms with van der Waals surface area (Å²) >= 11 is 2.17. The van der Waals surface area contributed by atoms with Crippen molar-refractivity contribution in [2.75, 3.05) is 35.8 Å². The monoisotopic (exact) mass is 452 g/mol. The quantitative estimate of drug-likeness (QED) is 0.643. The van der Waals surface area contributed by atoms with Gasteiger partial charge >= 0.3 is 0 Å². The predicted octanol–water partition coefficient (Wildman–Crippen LogP) is 3.11. The average molecular weight is 453 g/mol. The van der Waals surface area contributed by atoms with Gasteiger partial charge in [0.2, 0.25) is 0 Å². The molecule has 0 aliphatic carbocycles. The Labute approximate surface area is 175 Å². The fourth-order valence-corrected chi connectivity index (χ4v) is 5.95. The third-order valence-corrected chi connectivity index (χ3v) is 8.09. The third-order valence-electron chi connectivity index (χ3n) is 4.46. The molecule has 0 saturated carbocycles. The first-order valence-corrected chi connectivity index (χ1v) is 12.0. The largest absolute Gasteiger partial charge is 0.366 e. The van der Waals surface area contributed by atoms with Gasteiger partial charge in [-0.3, -0.25) is 9.52 Å². The van der Waals surface area contributed by atoms with Gasteiger partial charge in [-0.15, -0.1) is 22.7 Å². The molecule has 152 valence electrons. The number of aromatic nitrogens is 1. The number of thiazole rings is 1. The normalized spacial score (nSPS) is 14.8. The number of benzene rings is 1. The second-order valence-corrected chi connectivity index (χ2v) is 10.0. The summed E-state index contributed by atoms with van der Waals surface area (Å²) in [6.07, 6.45) is 0. The Morgan fingerprint density at radius 3 is 2.52 bits per heavy atom. The number of halogens is 1. The molecule has 1 fully saturated rings. The number of thiophene rings is 1. The number of carbonyl (C=O) groups excluding carboxylic acids is 1. The smallest absolute Gasteiger partial charge is 0.273 e. The Morgan fingerprint density at radius 1 is 1.07 bits per heavy atom. The highest BCUT2D eigenvalue weighted by molar-refractivity contribution is 7.94. The van der Waals surface area contributed by atoms with Gasteiger partial charge in [-0.05, 0) is 23.6 Å². The van der Waals surface area contributed by atoms with Crippen molar-refractivity contribution in [2.45, 2.75) is 4.21 Å². The third kappa shape index (κ3) is 4.26. The number of anilines is 2. The number of para-hydroxylation sites is 1. The number of hydrogen-bond donors (Lipinski definition) is 1. The van der Waals surface area contributed by atoms with Gasteiger partial charge in [-0.25, -0.2) is 17.8 Å². The maximum absolute atomic E-state index is 13.9. The number of carbonyl (C=O) groups is 1. The molecule has 1 aromatic carbocycles. The molecule has 0 atom stereocenters. The van der Waals surface area contributed by atoms with Crippen molar-refractivity contribution >= 4 is 49.4 Å². The molecule has 4 rings (SSSR count). The van der Waals surface area contributed by atoms with Crippen LogP contribution in [0, 0.1) is 5.82 Å². The van der Waals surface area contributed by atoms with Crippen LogP contribution in [0.5, 0.6) is 0 Å². The molecule has 0 bridgehead atoms. The van der Waals surface area contributed by atoms with Crippen LogP contribution in [0.25, 0.3) is 0 Å². The number of rotatable bonds is 5. The van der Waals surface area contributed by atoms with Crippen molar-refractivity contribution in [3.63, 3.8) is 0 Å². The Morgan fingerprint density at radius 2 is 1.83 bits per heavy atom. The van der Waals surface area contributed by atoms with Crippen LogP contribution in [0.3, 0.4) is 0 Å². The molecule has 0 spiro atoms. The summed E-state index contributed by atoms with van der Waals surface area (Å²) in [5, 5.41) is 3.36. The zero-order chi connectivity index (χ0) is 20.4. The van der Waals surface area contributed by atoms with Crippen molar-refractivity contribution in [3.8, 4) is 0 Å². The number of nitrogens with zero attached hydrogens (tertiary/aromatic N) is 3. The molecule has 1 aliphatic heterocycles. The molecule has 11 heteroatoms. The Hall–Kier alpha value is -2.50. The maximum atomic E-state index is 13.9. The Kier molecular flexibility index (Phi) is 5.52. The van der Waals surface area contributed by atoms with Gasteiger partial charge in [0.05, 0.1) is 5.69 Å². The molecule has 0 radical (unpaired) electrons. The number of sulfonamides is 1. The summed E-state index contributed by atoms with van der Waals surface area (Å²) in [4.78, 5) is 20.4. The summed E-state index contributed by atoms with van der Waals surface area (Å²) in [5.41, 5.74) is 0.719. The Bertz CT molecular complexity index is 1110. The number of amides is 1. The van der Waals surface area contributed by atoms with E-state index in [4.69, 9.17) is 0 Å². The van der Waals surface area contributed by atoms with E-state index in [-0.39, 0.29) is 26.8 Å². The number of nitrogens with one attached hydrogen (secondary N) is 1. The highest BCUT2D eigenvalue weighted by Gasteiger charge is 2.26. The fraction of sp³-hybridized carbons (Fsp3) is 0.222. The van der Waals surface area contributed by atoms with E-state index < -0.39 is 10.0 Å². The zero-order valence-electron chi connectivity index (χ0n) is 15.1. The van der Waals surface area contributed by atoms with Crippen LogP contribution in [0.15, 0.2) is 51.4 Å². The minimum absolute atomic E-state index is 0.145. The van der Waals surface area contributed by atoms with Crippen molar-refractivity contribution in [1.82, 2.24) is 9.88 Å². The van der Waals surface area contributed by atoms with Crippen LogP contribution in [0.2, 0.25) is 0 Å². The van der Waals surface area contributed by atoms with E-state index in [0.29, 0.717) is 31.9 Å². The van der Waals surface area contributed by atoms with Crippen molar-refractivity contribution < 1.29 is 17.6 Å². The summed E-state index contributed by atoms with van der Waals surface area (Å²) in [7, 11) is -3.70. The second kappa shape index (κ2) is 8.09. The van der Waals surface area contributed by atoms with Gasteiger partial charge in [-0.2, -0.15) is 0 Å². The first kappa shape index (κ1) is 19.8. The molecule has 3 heterocycles. The molecule has 1 N–H and O–H groups in total. The molecule has 2 aromatic heterocycles. The van der Waals surface area contributed by atoms with E-state index in [2.05, 4.69) is 9.71 Å². The molecular weight excluding hydrogens is 435 g/mol. The van der Waals surface area contributed by atoms with Crippen LogP contribution < -0.4 is 9.62 Å². The lowest BCUT2D eigenvalue weighted by atomic mass is 10.2. The average Bonchev–Trinajstić information content (AvgIpc) is 3.40. The molecular formula is C18H17FN4O3S3. The van der Waals surface area contributed by atoms with Gasteiger partial charge in [0.25, 0.3) is 15.9 Å². The first-order chi connectivity index (χ1) is 13.9. The van der Waals surface area contributed by atoms with Gasteiger partial charge in [0, 0.05) is 31.6 Å². The minimum atomic E-state index is -3.70. The summed E-state index contributed by atoms with van der Waals surface area (Å²) < 4.78 is 41.1. The van der Waals surface area contributed by atoms with Gasteiger partial charge in [-0.1, -0.05) is 18.2 Å². The predicted molar refractivity (Wildman–Crippen MR) is 112 cm³/mol. The fourth-order valence-electron chi connectivity index (χ4n) is 3.02. The summed E-state index contributed by atoms with van der Waals surface area (Å²) in [6.45, 7) is 1.88. The molecule has 29 heavy (non-hydrogen) atoms. The number of piperazine rings is 1. The SMILES string of the molecule is O=C(c1csc(NS(=O)(=O)c2cccs2)n1)N1CCN(c2ccccc2F)CC1. The van der Waals surface area contributed by atoms with Gasteiger partial charge in [0.1, 0.15) is 15.7 Å². The Balaban J connectivity index is 1.39. The van der Waals surface area contributed by atoms with Gasteiger partial charge in [0.15, 0.2) is 5.13 Å². The lowest BCUT2D eigenvalue weighted by Gasteiger charge is -2.35. The highest BCUT2D eigenvalue weighted by atomic mass is 32.2. The minimum Gasteiger partial charge on any atom is -0.366 e. The molecule has 0 unspecified atom stereocenters. The first-order valence-electron chi connectivity index (χ1n) is 8.75. The van der Waals surface area contributed by atoms with Gasteiger partial charge < -0.3 is 9.80 Å². The van der Waals surface area contributed by atoms with Crippen LogP contribution >= 0.6 is 22.7 Å². The highest BCUT2D eigenvalue weighted by Crippen LogP contribution is 2.24. The summed E-state index contributed by atoms with van der Waals surface area (Å²) in [5.74, 6) is -0.551. The topological polar surface area (TPSA) is 82.6 Å². The van der Waals surface area contributed by atoms with Crippen molar-refractivity contribution in [3.05, 3.63) is 58.7 Å². The second-order valence-electron chi connectivity index (χ2n) is 6.31. The van der Waals surface area contributed by atoms with Crippen LogP contribution in [0.1, 0.15) is 10.5 Å². The molecule has 1 amide bonds. The number of hydrogen-bond acceptors (Lipinski definition) is 7. The molecule has 1 aliphatic rings.